The fourth-order valence-corrected chi connectivity index (χ4v) is 6.00. The Kier molecular flexibility index (Phi) is 32.1. The molecule has 0 bridgehead atoms. The highest BCUT2D eigenvalue weighted by Gasteiger charge is 2.13. The van der Waals surface area contributed by atoms with E-state index in [0.717, 1.165) is 110 Å². The molecule has 0 heterocycles. The van der Waals surface area contributed by atoms with E-state index in [1.54, 1.807) is 0 Å². The number of ether oxygens (including phenoxy) is 2. The van der Waals surface area contributed by atoms with Crippen molar-refractivity contribution in [1.82, 2.24) is 4.90 Å². The zero-order chi connectivity index (χ0) is 34.1. The summed E-state index contributed by atoms with van der Waals surface area (Å²) in [5, 5.41) is 8.98. The van der Waals surface area contributed by atoms with E-state index in [0.29, 0.717) is 12.8 Å². The Balaban J connectivity index is 4.06. The molecule has 1 N–H and O–H groups in total. The van der Waals surface area contributed by atoms with Crippen LogP contribution in [0.4, 0.5) is 0 Å². The SMILES string of the molecule is CCCCCC(CC)OC(=O)CCCCCCCCN(CCCCCCCCC(=O)OC(CC)CCCCC)CCCCC(=O)O. The van der Waals surface area contributed by atoms with Crippen LogP contribution in [0.5, 0.6) is 0 Å². The number of aliphatic carboxylic acids is 1. The van der Waals surface area contributed by atoms with Gasteiger partial charge in [0.15, 0.2) is 0 Å². The van der Waals surface area contributed by atoms with Crippen molar-refractivity contribution in [3.63, 3.8) is 0 Å². The third kappa shape index (κ3) is 29.8. The van der Waals surface area contributed by atoms with Gasteiger partial charge in [0.25, 0.3) is 0 Å². The number of rotatable bonds is 35. The summed E-state index contributed by atoms with van der Waals surface area (Å²) in [5.41, 5.74) is 0. The molecule has 0 aromatic rings. The summed E-state index contributed by atoms with van der Waals surface area (Å²) >= 11 is 0. The van der Waals surface area contributed by atoms with E-state index in [1.165, 1.54) is 64.2 Å². The maximum Gasteiger partial charge on any atom is 0.306 e. The van der Waals surface area contributed by atoms with Crippen molar-refractivity contribution in [3.8, 4) is 0 Å². The van der Waals surface area contributed by atoms with Gasteiger partial charge in [0.05, 0.1) is 0 Å². The van der Waals surface area contributed by atoms with Crippen molar-refractivity contribution >= 4 is 17.9 Å². The van der Waals surface area contributed by atoms with Crippen LogP contribution in [0.25, 0.3) is 0 Å². The second kappa shape index (κ2) is 33.3. The zero-order valence-corrected chi connectivity index (χ0v) is 30.8. The van der Waals surface area contributed by atoms with Crippen LogP contribution in [-0.2, 0) is 23.9 Å². The van der Waals surface area contributed by atoms with Crippen LogP contribution in [-0.4, -0.2) is 59.8 Å². The van der Waals surface area contributed by atoms with Gasteiger partial charge in [-0.25, -0.2) is 0 Å². The average molecular weight is 654 g/mol. The summed E-state index contributed by atoms with van der Waals surface area (Å²) in [7, 11) is 0. The lowest BCUT2D eigenvalue weighted by molar-refractivity contribution is -0.150. The van der Waals surface area contributed by atoms with E-state index in [2.05, 4.69) is 32.6 Å². The van der Waals surface area contributed by atoms with Crippen LogP contribution >= 0.6 is 0 Å². The van der Waals surface area contributed by atoms with Crippen LogP contribution in [0.3, 0.4) is 0 Å². The number of hydrogen-bond donors (Lipinski definition) is 1. The van der Waals surface area contributed by atoms with E-state index < -0.39 is 5.97 Å². The highest BCUT2D eigenvalue weighted by Crippen LogP contribution is 2.15. The van der Waals surface area contributed by atoms with Gasteiger partial charge in [0.2, 0.25) is 0 Å². The first-order chi connectivity index (χ1) is 22.4. The van der Waals surface area contributed by atoms with Crippen LogP contribution in [0.2, 0.25) is 0 Å². The number of carboxylic acid groups (broad SMARTS) is 1. The molecule has 0 saturated carbocycles. The summed E-state index contributed by atoms with van der Waals surface area (Å²) in [4.78, 5) is 37.8. The number of nitrogens with zero attached hydrogens (tertiary/aromatic N) is 1. The molecule has 0 aliphatic heterocycles. The van der Waals surface area contributed by atoms with Gasteiger partial charge >= 0.3 is 17.9 Å². The Bertz CT molecular complexity index is 667. The maximum absolute atomic E-state index is 12.2. The van der Waals surface area contributed by atoms with E-state index in [9.17, 15) is 14.4 Å². The molecule has 0 spiro atoms. The van der Waals surface area contributed by atoms with Crippen LogP contribution in [0, 0.1) is 0 Å². The molecule has 0 aromatic carbocycles. The largest absolute Gasteiger partial charge is 0.481 e. The van der Waals surface area contributed by atoms with E-state index in [4.69, 9.17) is 14.6 Å². The Morgan fingerprint density at radius 3 is 1.20 bits per heavy atom. The van der Waals surface area contributed by atoms with Gasteiger partial charge in [-0.1, -0.05) is 105 Å². The predicted octanol–water partition coefficient (Wildman–Crippen LogP) is 10.8. The molecular weight excluding hydrogens is 578 g/mol. The number of unbranched alkanes of at least 4 members (excludes halogenated alkanes) is 15. The van der Waals surface area contributed by atoms with Crippen molar-refractivity contribution in [2.24, 2.45) is 0 Å². The van der Waals surface area contributed by atoms with Gasteiger partial charge in [0.1, 0.15) is 12.2 Å². The van der Waals surface area contributed by atoms with Gasteiger partial charge in [-0.05, 0) is 96.7 Å². The Hall–Kier alpha value is -1.63. The van der Waals surface area contributed by atoms with Crippen molar-refractivity contribution in [1.29, 1.82) is 0 Å². The number of carbonyl (C=O) groups excluding carboxylic acids is 2. The molecule has 7 heteroatoms. The lowest BCUT2D eigenvalue weighted by atomic mass is 10.1. The molecule has 46 heavy (non-hydrogen) atoms. The van der Waals surface area contributed by atoms with Crippen LogP contribution in [0.1, 0.15) is 201 Å². The highest BCUT2D eigenvalue weighted by atomic mass is 16.5. The topological polar surface area (TPSA) is 93.1 Å². The molecule has 2 unspecified atom stereocenters. The smallest absolute Gasteiger partial charge is 0.306 e. The molecule has 2 atom stereocenters. The second-order valence-electron chi connectivity index (χ2n) is 13.5. The Morgan fingerprint density at radius 1 is 0.478 bits per heavy atom. The van der Waals surface area contributed by atoms with Crippen LogP contribution in [0.15, 0.2) is 0 Å². The van der Waals surface area contributed by atoms with Crippen LogP contribution < -0.4 is 0 Å². The monoisotopic (exact) mass is 654 g/mol. The molecule has 0 amide bonds. The molecule has 7 nitrogen and oxygen atoms in total. The summed E-state index contributed by atoms with van der Waals surface area (Å²) in [6.07, 6.45) is 27.5. The third-order valence-corrected chi connectivity index (χ3v) is 9.09. The van der Waals surface area contributed by atoms with E-state index >= 15 is 0 Å². The van der Waals surface area contributed by atoms with Crippen molar-refractivity contribution in [3.05, 3.63) is 0 Å². The minimum Gasteiger partial charge on any atom is -0.481 e. The Morgan fingerprint density at radius 2 is 0.826 bits per heavy atom. The molecule has 0 aliphatic carbocycles. The third-order valence-electron chi connectivity index (χ3n) is 9.09. The van der Waals surface area contributed by atoms with Crippen molar-refractivity contribution in [2.45, 2.75) is 213 Å². The van der Waals surface area contributed by atoms with Crippen molar-refractivity contribution < 1.29 is 29.0 Å². The summed E-state index contributed by atoms with van der Waals surface area (Å²) in [5.74, 6) is -0.761. The first kappa shape index (κ1) is 44.4. The zero-order valence-electron chi connectivity index (χ0n) is 30.8. The molecule has 272 valence electrons. The molecule has 0 rings (SSSR count). The number of carboxylic acids is 1. The minimum absolute atomic E-state index is 0.0276. The predicted molar refractivity (Wildman–Crippen MR) is 191 cm³/mol. The summed E-state index contributed by atoms with van der Waals surface area (Å²) in [6.45, 7) is 11.7. The molecule has 0 aliphatic rings. The average Bonchev–Trinajstić information content (AvgIpc) is 3.04. The number of hydrogen-bond acceptors (Lipinski definition) is 6. The normalized spacial score (nSPS) is 12.7. The van der Waals surface area contributed by atoms with E-state index in [-0.39, 0.29) is 30.6 Å². The fourth-order valence-electron chi connectivity index (χ4n) is 6.00. The molecule has 0 saturated heterocycles. The molecule has 0 radical (unpaired) electrons. The van der Waals surface area contributed by atoms with Gasteiger partial charge in [0, 0.05) is 19.3 Å². The van der Waals surface area contributed by atoms with Gasteiger partial charge in [-0.15, -0.1) is 0 Å². The number of carbonyl (C=O) groups is 3. The lowest BCUT2D eigenvalue weighted by Gasteiger charge is -2.22. The van der Waals surface area contributed by atoms with Gasteiger partial charge in [-0.3, -0.25) is 14.4 Å². The molecular formula is C39H75NO6. The van der Waals surface area contributed by atoms with Crippen molar-refractivity contribution in [2.75, 3.05) is 19.6 Å². The minimum atomic E-state index is -0.706. The number of esters is 2. The molecule has 0 fully saturated rings. The molecule has 0 aromatic heterocycles. The highest BCUT2D eigenvalue weighted by molar-refractivity contribution is 5.69. The summed E-state index contributed by atoms with van der Waals surface area (Å²) < 4.78 is 11.4. The van der Waals surface area contributed by atoms with E-state index in [1.807, 2.05) is 0 Å². The second-order valence-corrected chi connectivity index (χ2v) is 13.5. The first-order valence-electron chi connectivity index (χ1n) is 19.7. The fraction of sp³-hybridized carbons (Fsp3) is 0.923. The quantitative estimate of drug-likeness (QED) is 0.0537. The maximum atomic E-state index is 12.2. The first-order valence-corrected chi connectivity index (χ1v) is 19.7. The standard InChI is InChI=1S/C39H75NO6/c1-5-9-19-27-35(7-3)45-38(43)30-21-15-11-13-17-24-32-40(34-26-23-29-37(41)42)33-25-18-14-12-16-22-31-39(44)46-36(8-4)28-20-10-6-2/h35-36H,5-34H2,1-4H3,(H,41,42). The van der Waals surface area contributed by atoms with Gasteiger partial charge < -0.3 is 19.5 Å². The Labute approximate surface area is 284 Å². The summed E-state index contributed by atoms with van der Waals surface area (Å²) in [6, 6.07) is 0. The van der Waals surface area contributed by atoms with Gasteiger partial charge in [-0.2, -0.15) is 0 Å². The lowest BCUT2D eigenvalue weighted by Crippen LogP contribution is -2.27.